The van der Waals surface area contributed by atoms with Crippen LogP contribution in [0.5, 0.6) is 0 Å². The fourth-order valence-electron chi connectivity index (χ4n) is 1.96. The van der Waals surface area contributed by atoms with E-state index in [0.29, 0.717) is 17.1 Å². The van der Waals surface area contributed by atoms with E-state index in [1.165, 1.54) is 23.3 Å². The quantitative estimate of drug-likeness (QED) is 0.736. The molecule has 1 heterocycles. The van der Waals surface area contributed by atoms with Gasteiger partial charge in [0.15, 0.2) is 0 Å². The van der Waals surface area contributed by atoms with Gasteiger partial charge in [-0.1, -0.05) is 6.92 Å². The van der Waals surface area contributed by atoms with Crippen LogP contribution in [-0.4, -0.2) is 49.6 Å². The molecular formula is C16H25N3O4S. The molecule has 0 saturated heterocycles. The van der Waals surface area contributed by atoms with Crippen molar-refractivity contribution in [3.63, 3.8) is 0 Å². The fraction of sp³-hybridized carbons (Fsp3) is 0.562. The standard InChI is InChI=1S/C16H25N3O4S/c1-6-8-17-12(20)9-19(5)16(22)18-14-13(15(21)23-7-2)10(3)11(4)24-14/h6-9H2,1-5H3,(H,17,20)(H,18,22). The maximum atomic E-state index is 12.3. The van der Waals surface area contributed by atoms with Crippen LogP contribution < -0.4 is 10.6 Å². The number of esters is 1. The minimum absolute atomic E-state index is 0.0517. The number of carbonyl (C=O) groups excluding carboxylic acids is 3. The lowest BCUT2D eigenvalue weighted by Gasteiger charge is -2.17. The van der Waals surface area contributed by atoms with E-state index in [1.807, 2.05) is 20.8 Å². The van der Waals surface area contributed by atoms with Crippen LogP contribution in [0, 0.1) is 13.8 Å². The Morgan fingerprint density at radius 1 is 1.21 bits per heavy atom. The number of thiophene rings is 1. The minimum Gasteiger partial charge on any atom is -0.462 e. The normalized spacial score (nSPS) is 10.2. The number of rotatable bonds is 7. The molecule has 1 aromatic rings. The van der Waals surface area contributed by atoms with E-state index in [9.17, 15) is 14.4 Å². The summed E-state index contributed by atoms with van der Waals surface area (Å²) in [6.45, 7) is 8.16. The molecule has 1 rings (SSSR count). The summed E-state index contributed by atoms with van der Waals surface area (Å²) < 4.78 is 5.05. The first kappa shape index (κ1) is 20.0. The number of hydrogen-bond donors (Lipinski definition) is 2. The van der Waals surface area contributed by atoms with Crippen molar-refractivity contribution in [2.75, 3.05) is 32.1 Å². The molecule has 0 fully saturated rings. The molecule has 0 atom stereocenters. The first-order chi connectivity index (χ1) is 11.3. The third-order valence-electron chi connectivity index (χ3n) is 3.38. The minimum atomic E-state index is -0.460. The molecule has 0 bridgehead atoms. The number of carbonyl (C=O) groups is 3. The van der Waals surface area contributed by atoms with Gasteiger partial charge in [0, 0.05) is 18.5 Å². The smallest absolute Gasteiger partial charge is 0.341 e. The van der Waals surface area contributed by atoms with Gasteiger partial charge >= 0.3 is 12.0 Å². The molecule has 0 radical (unpaired) electrons. The summed E-state index contributed by atoms with van der Waals surface area (Å²) in [4.78, 5) is 38.2. The van der Waals surface area contributed by atoms with Gasteiger partial charge in [-0.3, -0.25) is 10.1 Å². The second-order valence-corrected chi connectivity index (χ2v) is 6.57. The van der Waals surface area contributed by atoms with Gasteiger partial charge < -0.3 is 15.0 Å². The van der Waals surface area contributed by atoms with Gasteiger partial charge in [0.25, 0.3) is 0 Å². The highest BCUT2D eigenvalue weighted by atomic mass is 32.1. The summed E-state index contributed by atoms with van der Waals surface area (Å²) in [6, 6.07) is -0.451. The molecule has 3 amide bonds. The summed E-state index contributed by atoms with van der Waals surface area (Å²) >= 11 is 1.31. The fourth-order valence-corrected chi connectivity index (χ4v) is 3.00. The molecule has 24 heavy (non-hydrogen) atoms. The van der Waals surface area contributed by atoms with Crippen molar-refractivity contribution in [1.82, 2.24) is 10.2 Å². The van der Waals surface area contributed by atoms with Crippen LogP contribution >= 0.6 is 11.3 Å². The van der Waals surface area contributed by atoms with Gasteiger partial charge in [0.1, 0.15) is 11.5 Å². The molecule has 0 aliphatic heterocycles. The van der Waals surface area contributed by atoms with Crippen molar-refractivity contribution in [2.45, 2.75) is 34.1 Å². The van der Waals surface area contributed by atoms with Crippen molar-refractivity contribution in [3.8, 4) is 0 Å². The van der Waals surface area contributed by atoms with Crippen molar-refractivity contribution in [1.29, 1.82) is 0 Å². The Kier molecular flexibility index (Phi) is 7.70. The number of aryl methyl sites for hydroxylation is 1. The van der Waals surface area contributed by atoms with E-state index in [4.69, 9.17) is 4.74 Å². The molecule has 8 heteroatoms. The predicted octanol–water partition coefficient (Wildman–Crippen LogP) is 2.53. The monoisotopic (exact) mass is 355 g/mol. The highest BCUT2D eigenvalue weighted by Gasteiger charge is 2.23. The van der Waals surface area contributed by atoms with E-state index in [2.05, 4.69) is 10.6 Å². The van der Waals surface area contributed by atoms with Crippen LogP contribution in [0.15, 0.2) is 0 Å². The average Bonchev–Trinajstić information content (AvgIpc) is 2.79. The van der Waals surface area contributed by atoms with Gasteiger partial charge in [-0.25, -0.2) is 9.59 Å². The average molecular weight is 355 g/mol. The van der Waals surface area contributed by atoms with Crippen molar-refractivity contribution in [2.24, 2.45) is 0 Å². The molecule has 0 unspecified atom stereocenters. The zero-order valence-corrected chi connectivity index (χ0v) is 15.6. The summed E-state index contributed by atoms with van der Waals surface area (Å²) in [5, 5.41) is 5.85. The summed E-state index contributed by atoms with van der Waals surface area (Å²) in [5.74, 6) is -0.684. The Morgan fingerprint density at radius 3 is 2.46 bits per heavy atom. The number of anilines is 1. The maximum absolute atomic E-state index is 12.3. The number of hydrogen-bond acceptors (Lipinski definition) is 5. The van der Waals surface area contributed by atoms with Gasteiger partial charge in [-0.2, -0.15) is 0 Å². The number of nitrogens with zero attached hydrogens (tertiary/aromatic N) is 1. The molecule has 134 valence electrons. The number of urea groups is 1. The van der Waals surface area contributed by atoms with Crippen LogP contribution in [0.3, 0.4) is 0 Å². The zero-order valence-electron chi connectivity index (χ0n) is 14.8. The van der Waals surface area contributed by atoms with Gasteiger partial charge in [0.2, 0.25) is 5.91 Å². The van der Waals surface area contributed by atoms with E-state index in [-0.39, 0.29) is 19.1 Å². The zero-order chi connectivity index (χ0) is 18.3. The second kappa shape index (κ2) is 9.27. The summed E-state index contributed by atoms with van der Waals surface area (Å²) in [6.07, 6.45) is 0.832. The lowest BCUT2D eigenvalue weighted by atomic mass is 10.1. The molecular weight excluding hydrogens is 330 g/mol. The first-order valence-electron chi connectivity index (χ1n) is 7.87. The number of ether oxygens (including phenoxy) is 1. The summed E-state index contributed by atoms with van der Waals surface area (Å²) in [7, 11) is 1.53. The molecule has 0 aliphatic rings. The molecule has 0 saturated carbocycles. The number of likely N-dealkylation sites (N-methyl/N-ethyl adjacent to an activating group) is 1. The predicted molar refractivity (Wildman–Crippen MR) is 94.7 cm³/mol. The van der Waals surface area contributed by atoms with Crippen LogP contribution in [0.25, 0.3) is 0 Å². The molecule has 0 aromatic carbocycles. The highest BCUT2D eigenvalue weighted by molar-refractivity contribution is 7.16. The largest absolute Gasteiger partial charge is 0.462 e. The lowest BCUT2D eigenvalue weighted by molar-refractivity contribution is -0.121. The van der Waals surface area contributed by atoms with E-state index >= 15 is 0 Å². The third kappa shape index (κ3) is 5.23. The number of amides is 3. The maximum Gasteiger partial charge on any atom is 0.341 e. The van der Waals surface area contributed by atoms with Crippen LogP contribution in [0.1, 0.15) is 41.1 Å². The van der Waals surface area contributed by atoms with Gasteiger partial charge in [0.05, 0.1) is 12.2 Å². The molecule has 0 spiro atoms. The Bertz CT molecular complexity index is 613. The Hall–Kier alpha value is -2.09. The Labute approximate surface area is 146 Å². The molecule has 7 nitrogen and oxygen atoms in total. The third-order valence-corrected chi connectivity index (χ3v) is 4.51. The van der Waals surface area contributed by atoms with Crippen molar-refractivity contribution < 1.29 is 19.1 Å². The van der Waals surface area contributed by atoms with Gasteiger partial charge in [-0.05, 0) is 32.8 Å². The Morgan fingerprint density at radius 2 is 1.88 bits per heavy atom. The van der Waals surface area contributed by atoms with E-state index in [0.717, 1.165) is 16.9 Å². The number of nitrogens with one attached hydrogen (secondary N) is 2. The van der Waals surface area contributed by atoms with Crippen molar-refractivity contribution >= 4 is 34.2 Å². The molecule has 0 aliphatic carbocycles. The van der Waals surface area contributed by atoms with Crippen molar-refractivity contribution in [3.05, 3.63) is 16.0 Å². The van der Waals surface area contributed by atoms with Crippen LogP contribution in [-0.2, 0) is 9.53 Å². The SMILES string of the molecule is CCCNC(=O)CN(C)C(=O)Nc1sc(C)c(C)c1C(=O)OCC. The van der Waals surface area contributed by atoms with Crippen LogP contribution in [0.2, 0.25) is 0 Å². The Balaban J connectivity index is 2.81. The van der Waals surface area contributed by atoms with E-state index < -0.39 is 12.0 Å². The summed E-state index contributed by atoms with van der Waals surface area (Å²) in [5.41, 5.74) is 1.16. The van der Waals surface area contributed by atoms with Crippen LogP contribution in [0.4, 0.5) is 9.80 Å². The van der Waals surface area contributed by atoms with E-state index in [1.54, 1.807) is 6.92 Å². The second-order valence-electron chi connectivity index (χ2n) is 5.34. The molecule has 2 N–H and O–H groups in total. The highest BCUT2D eigenvalue weighted by Crippen LogP contribution is 2.33. The first-order valence-corrected chi connectivity index (χ1v) is 8.69. The topological polar surface area (TPSA) is 87.7 Å². The van der Waals surface area contributed by atoms with Gasteiger partial charge in [-0.15, -0.1) is 11.3 Å². The lowest BCUT2D eigenvalue weighted by Crippen LogP contribution is -2.40. The molecule has 1 aromatic heterocycles.